The van der Waals surface area contributed by atoms with Gasteiger partial charge in [-0.25, -0.2) is 4.79 Å². The van der Waals surface area contributed by atoms with Crippen molar-refractivity contribution in [3.8, 4) is 11.5 Å². The van der Waals surface area contributed by atoms with Gasteiger partial charge in [0, 0.05) is 0 Å². The Hall–Kier alpha value is -3.02. The maximum atomic E-state index is 13.1. The van der Waals surface area contributed by atoms with E-state index >= 15 is 0 Å². The maximum absolute atomic E-state index is 13.1. The lowest BCUT2D eigenvalue weighted by atomic mass is 9.87. The smallest absolute Gasteiger partial charge is 0.325 e. The first-order valence-electron chi connectivity index (χ1n) is 8.22. The number of nitrogens with one attached hydrogen (secondary N) is 1. The van der Waals surface area contributed by atoms with E-state index in [0.29, 0.717) is 17.9 Å². The van der Waals surface area contributed by atoms with Crippen LogP contribution in [0.4, 0.5) is 4.79 Å². The molecule has 1 saturated heterocycles. The maximum Gasteiger partial charge on any atom is 0.325 e. The summed E-state index contributed by atoms with van der Waals surface area (Å²) in [5.74, 6) is 1.08. The molecule has 3 amide bonds. The zero-order valence-corrected chi connectivity index (χ0v) is 13.8. The van der Waals surface area contributed by atoms with Crippen LogP contribution in [0.25, 0.3) is 0 Å². The Bertz CT molecular complexity index is 837. The standard InChI is InChI=1S/C19H18N2O4/c1-2-19(14-6-4-3-5-7-14)17(22)21(18(23)20-19)11-13-8-9-15-16(10-13)25-12-24-15/h3-10H,2,11-12H2,1H3,(H,20,23)/t19-/m1/s1. The molecule has 0 bridgehead atoms. The van der Waals surface area contributed by atoms with Crippen molar-refractivity contribution in [3.05, 3.63) is 59.7 Å². The van der Waals surface area contributed by atoms with Gasteiger partial charge in [-0.1, -0.05) is 43.3 Å². The van der Waals surface area contributed by atoms with E-state index in [1.807, 2.05) is 43.3 Å². The van der Waals surface area contributed by atoms with Gasteiger partial charge in [-0.05, 0) is 29.7 Å². The highest BCUT2D eigenvalue weighted by atomic mass is 16.7. The molecular weight excluding hydrogens is 320 g/mol. The molecule has 2 aliphatic rings. The Balaban J connectivity index is 1.63. The van der Waals surface area contributed by atoms with Crippen molar-refractivity contribution >= 4 is 11.9 Å². The molecule has 6 heteroatoms. The summed E-state index contributed by atoms with van der Waals surface area (Å²) >= 11 is 0. The van der Waals surface area contributed by atoms with Gasteiger partial charge in [-0.3, -0.25) is 9.69 Å². The van der Waals surface area contributed by atoms with Crippen molar-refractivity contribution in [3.63, 3.8) is 0 Å². The summed E-state index contributed by atoms with van der Waals surface area (Å²) in [5, 5.41) is 2.89. The second-order valence-electron chi connectivity index (χ2n) is 6.13. The van der Waals surface area contributed by atoms with Crippen LogP contribution >= 0.6 is 0 Å². The lowest BCUT2D eigenvalue weighted by molar-refractivity contribution is -0.132. The van der Waals surface area contributed by atoms with Crippen molar-refractivity contribution < 1.29 is 19.1 Å². The van der Waals surface area contributed by atoms with Crippen molar-refractivity contribution in [1.82, 2.24) is 10.2 Å². The van der Waals surface area contributed by atoms with Crippen LogP contribution in [-0.2, 0) is 16.9 Å². The average Bonchev–Trinajstić information content (AvgIpc) is 3.20. The molecule has 6 nitrogen and oxygen atoms in total. The third-order valence-corrected chi connectivity index (χ3v) is 4.75. The Morgan fingerprint density at radius 2 is 1.84 bits per heavy atom. The molecule has 0 saturated carbocycles. The highest BCUT2D eigenvalue weighted by Gasteiger charge is 2.51. The zero-order chi connectivity index (χ0) is 17.4. The van der Waals surface area contributed by atoms with Gasteiger partial charge in [-0.2, -0.15) is 0 Å². The number of amides is 3. The number of ether oxygens (including phenoxy) is 2. The monoisotopic (exact) mass is 338 g/mol. The fraction of sp³-hybridized carbons (Fsp3) is 0.263. The number of carbonyl (C=O) groups excluding carboxylic acids is 2. The molecule has 2 aliphatic heterocycles. The van der Waals surface area contributed by atoms with Crippen LogP contribution in [0.15, 0.2) is 48.5 Å². The van der Waals surface area contributed by atoms with Gasteiger partial charge < -0.3 is 14.8 Å². The Kier molecular flexibility index (Phi) is 3.60. The topological polar surface area (TPSA) is 67.9 Å². The van der Waals surface area contributed by atoms with Crippen molar-refractivity contribution in [2.75, 3.05) is 6.79 Å². The van der Waals surface area contributed by atoms with Crippen molar-refractivity contribution in [1.29, 1.82) is 0 Å². The SMILES string of the molecule is CC[C@]1(c2ccccc2)NC(=O)N(Cc2ccc3c(c2)OCO3)C1=O. The highest BCUT2D eigenvalue weighted by molar-refractivity contribution is 6.07. The molecule has 128 valence electrons. The van der Waals surface area contributed by atoms with E-state index < -0.39 is 5.54 Å². The molecule has 4 rings (SSSR count). The normalized spacial score (nSPS) is 21.6. The molecule has 2 aromatic carbocycles. The number of urea groups is 1. The summed E-state index contributed by atoms with van der Waals surface area (Å²) in [4.78, 5) is 26.9. The van der Waals surface area contributed by atoms with Crippen LogP contribution in [0, 0.1) is 0 Å². The van der Waals surface area contributed by atoms with Gasteiger partial charge in [0.05, 0.1) is 6.54 Å². The van der Waals surface area contributed by atoms with Gasteiger partial charge >= 0.3 is 6.03 Å². The number of carbonyl (C=O) groups is 2. The van der Waals surface area contributed by atoms with Gasteiger partial charge in [0.2, 0.25) is 6.79 Å². The quantitative estimate of drug-likeness (QED) is 0.871. The van der Waals surface area contributed by atoms with Crippen LogP contribution in [0.5, 0.6) is 11.5 Å². The number of hydrogen-bond acceptors (Lipinski definition) is 4. The molecular formula is C19H18N2O4. The summed E-state index contributed by atoms with van der Waals surface area (Å²) in [6.45, 7) is 2.28. The molecule has 1 fully saturated rings. The molecule has 0 spiro atoms. The van der Waals surface area contributed by atoms with E-state index in [1.165, 1.54) is 4.90 Å². The first-order chi connectivity index (χ1) is 12.1. The summed E-state index contributed by atoms with van der Waals surface area (Å²) in [6.07, 6.45) is 0.485. The third-order valence-electron chi connectivity index (χ3n) is 4.75. The lowest BCUT2D eigenvalue weighted by Gasteiger charge is -2.25. The minimum absolute atomic E-state index is 0.189. The fourth-order valence-corrected chi connectivity index (χ4v) is 3.35. The van der Waals surface area contributed by atoms with E-state index in [0.717, 1.165) is 11.1 Å². The summed E-state index contributed by atoms with van der Waals surface area (Å²) in [6, 6.07) is 14.4. The van der Waals surface area contributed by atoms with Crippen LogP contribution in [0.2, 0.25) is 0 Å². The average molecular weight is 338 g/mol. The van der Waals surface area contributed by atoms with E-state index in [1.54, 1.807) is 12.1 Å². The van der Waals surface area contributed by atoms with E-state index in [4.69, 9.17) is 9.47 Å². The largest absolute Gasteiger partial charge is 0.454 e. The van der Waals surface area contributed by atoms with Crippen LogP contribution in [0.1, 0.15) is 24.5 Å². The van der Waals surface area contributed by atoms with E-state index in [9.17, 15) is 9.59 Å². The minimum atomic E-state index is -1.01. The molecule has 0 radical (unpaired) electrons. The minimum Gasteiger partial charge on any atom is -0.454 e. The van der Waals surface area contributed by atoms with Gasteiger partial charge in [0.15, 0.2) is 11.5 Å². The van der Waals surface area contributed by atoms with Gasteiger partial charge in [-0.15, -0.1) is 0 Å². The molecule has 2 aromatic rings. The number of nitrogens with zero attached hydrogens (tertiary/aromatic N) is 1. The predicted molar refractivity (Wildman–Crippen MR) is 90.1 cm³/mol. The Morgan fingerprint density at radius 1 is 1.08 bits per heavy atom. The number of fused-ring (bicyclic) bond motifs is 1. The zero-order valence-electron chi connectivity index (χ0n) is 13.8. The Labute approximate surface area is 145 Å². The first-order valence-corrected chi connectivity index (χ1v) is 8.22. The fourth-order valence-electron chi connectivity index (χ4n) is 3.35. The van der Waals surface area contributed by atoms with Crippen LogP contribution < -0.4 is 14.8 Å². The number of hydrogen-bond donors (Lipinski definition) is 1. The number of benzene rings is 2. The molecule has 1 atom stereocenters. The molecule has 0 unspecified atom stereocenters. The first kappa shape index (κ1) is 15.5. The van der Waals surface area contributed by atoms with Crippen LogP contribution in [0.3, 0.4) is 0 Å². The molecule has 0 aromatic heterocycles. The van der Waals surface area contributed by atoms with Crippen molar-refractivity contribution in [2.24, 2.45) is 0 Å². The summed E-state index contributed by atoms with van der Waals surface area (Å²) in [7, 11) is 0. The van der Waals surface area contributed by atoms with E-state index in [-0.39, 0.29) is 25.3 Å². The van der Waals surface area contributed by atoms with Crippen molar-refractivity contribution in [2.45, 2.75) is 25.4 Å². The highest BCUT2D eigenvalue weighted by Crippen LogP contribution is 2.35. The second-order valence-corrected chi connectivity index (χ2v) is 6.13. The van der Waals surface area contributed by atoms with E-state index in [2.05, 4.69) is 5.32 Å². The predicted octanol–water partition coefficient (Wildman–Crippen LogP) is 2.77. The van der Waals surface area contributed by atoms with Gasteiger partial charge in [0.25, 0.3) is 5.91 Å². The molecule has 1 N–H and O–H groups in total. The summed E-state index contributed by atoms with van der Waals surface area (Å²) in [5.41, 5.74) is 0.603. The number of rotatable bonds is 4. The third kappa shape index (κ3) is 2.41. The lowest BCUT2D eigenvalue weighted by Crippen LogP contribution is -2.43. The molecule has 2 heterocycles. The van der Waals surface area contributed by atoms with Gasteiger partial charge in [0.1, 0.15) is 5.54 Å². The number of imide groups is 1. The Morgan fingerprint density at radius 3 is 2.60 bits per heavy atom. The molecule has 0 aliphatic carbocycles. The summed E-state index contributed by atoms with van der Waals surface area (Å²) < 4.78 is 10.7. The second kappa shape index (κ2) is 5.81. The molecule has 25 heavy (non-hydrogen) atoms. The van der Waals surface area contributed by atoms with Crippen LogP contribution in [-0.4, -0.2) is 23.6 Å².